The highest BCUT2D eigenvalue weighted by Gasteiger charge is 2.20. The lowest BCUT2D eigenvalue weighted by molar-refractivity contribution is -0.137. The summed E-state index contributed by atoms with van der Waals surface area (Å²) in [4.78, 5) is 21.0. The average molecular weight is 188 g/mol. The minimum atomic E-state index is -2.32. The molecule has 0 N–H and O–H groups in total. The van der Waals surface area contributed by atoms with Gasteiger partial charge < -0.3 is 8.85 Å². The van der Waals surface area contributed by atoms with Crippen LogP contribution >= 0.6 is 0 Å². The van der Waals surface area contributed by atoms with E-state index in [0.29, 0.717) is 5.20 Å². The molecule has 0 heterocycles. The lowest BCUT2D eigenvalue weighted by Crippen LogP contribution is -2.28. The van der Waals surface area contributed by atoms with Gasteiger partial charge in [-0.05, 0) is 12.1 Å². The lowest BCUT2D eigenvalue weighted by Gasteiger charge is -2.13. The highest BCUT2D eigenvalue weighted by Crippen LogP contribution is 2.01. The van der Waals surface area contributed by atoms with Crippen molar-refractivity contribution in [2.24, 2.45) is 0 Å². The summed E-state index contributed by atoms with van der Waals surface area (Å²) in [7, 11) is -2.32. The van der Waals surface area contributed by atoms with E-state index in [1.54, 1.807) is 6.92 Å². The maximum Gasteiger partial charge on any atom is 0.478 e. The van der Waals surface area contributed by atoms with Crippen molar-refractivity contribution in [3.63, 3.8) is 0 Å². The van der Waals surface area contributed by atoms with Crippen molar-refractivity contribution in [1.82, 2.24) is 0 Å². The van der Waals surface area contributed by atoms with Crippen LogP contribution in [-0.2, 0) is 18.4 Å². The van der Waals surface area contributed by atoms with Crippen molar-refractivity contribution in [3.05, 3.63) is 11.8 Å². The van der Waals surface area contributed by atoms with Crippen molar-refractivity contribution >= 4 is 21.2 Å². The molecule has 0 bridgehead atoms. The monoisotopic (exact) mass is 188 g/mol. The van der Waals surface area contributed by atoms with Crippen LogP contribution in [0.1, 0.15) is 20.8 Å². The molecule has 68 valence electrons. The first-order chi connectivity index (χ1) is 5.43. The third kappa shape index (κ3) is 4.67. The highest BCUT2D eigenvalue weighted by molar-refractivity contribution is 6.56. The molecule has 0 aliphatic heterocycles. The lowest BCUT2D eigenvalue weighted by atomic mass is 10.8. The molecule has 0 aliphatic rings. The van der Waals surface area contributed by atoms with Crippen LogP contribution in [0.25, 0.3) is 0 Å². The molecule has 0 aliphatic carbocycles. The fraction of sp³-hybridized carbons (Fsp3) is 0.429. The highest BCUT2D eigenvalue weighted by atomic mass is 28.3. The van der Waals surface area contributed by atoms with Crippen molar-refractivity contribution in [3.8, 4) is 0 Å². The summed E-state index contributed by atoms with van der Waals surface area (Å²) in [5.74, 6) is -0.896. The van der Waals surface area contributed by atoms with E-state index in [1.807, 2.05) is 0 Å². The molecule has 5 heteroatoms. The molecule has 0 spiro atoms. The number of allylic oxidation sites excluding steroid dienone is 1. The molecule has 0 amide bonds. The molecule has 0 fully saturated rings. The Kier molecular flexibility index (Phi) is 4.28. The Morgan fingerprint density at radius 1 is 1.08 bits per heavy atom. The Bertz CT molecular complexity index is 195. The molecule has 0 saturated carbocycles. The van der Waals surface area contributed by atoms with Gasteiger partial charge in [0.15, 0.2) is 0 Å². The second kappa shape index (κ2) is 4.71. The number of carbonyl (C=O) groups is 2. The van der Waals surface area contributed by atoms with Gasteiger partial charge in [0.1, 0.15) is 0 Å². The van der Waals surface area contributed by atoms with Crippen LogP contribution in [-0.4, -0.2) is 21.2 Å². The molecule has 0 aromatic rings. The van der Waals surface area contributed by atoms with E-state index in [2.05, 4.69) is 6.58 Å². The molecular weight excluding hydrogens is 176 g/mol. The fourth-order valence-corrected chi connectivity index (χ4v) is 1.58. The Balaban J connectivity index is 4.14. The van der Waals surface area contributed by atoms with E-state index >= 15 is 0 Å². The topological polar surface area (TPSA) is 52.6 Å². The van der Waals surface area contributed by atoms with Gasteiger partial charge in [0.2, 0.25) is 0 Å². The van der Waals surface area contributed by atoms with Gasteiger partial charge in [-0.25, -0.2) is 0 Å². The normalized spacial score (nSPS) is 9.33. The molecule has 0 radical (unpaired) electrons. The molecule has 0 atom stereocenters. The fourth-order valence-electron chi connectivity index (χ4n) is 0.527. The van der Waals surface area contributed by atoms with Gasteiger partial charge in [0.05, 0.1) is 0 Å². The second-order valence-corrected chi connectivity index (χ2v) is 4.52. The van der Waals surface area contributed by atoms with Crippen LogP contribution in [0.15, 0.2) is 11.8 Å². The Morgan fingerprint density at radius 3 is 1.58 bits per heavy atom. The number of rotatable bonds is 3. The van der Waals surface area contributed by atoms with Crippen LogP contribution in [0.5, 0.6) is 0 Å². The maximum atomic E-state index is 10.5. The van der Waals surface area contributed by atoms with Gasteiger partial charge in [0, 0.05) is 13.8 Å². The first-order valence-corrected chi connectivity index (χ1v) is 4.95. The van der Waals surface area contributed by atoms with Gasteiger partial charge in [0.25, 0.3) is 11.9 Å². The Labute approximate surface area is 73.0 Å². The summed E-state index contributed by atoms with van der Waals surface area (Å²) < 4.78 is 9.56. The van der Waals surface area contributed by atoms with Crippen LogP contribution in [0.2, 0.25) is 0 Å². The maximum absolute atomic E-state index is 10.5. The van der Waals surface area contributed by atoms with E-state index < -0.39 is 21.2 Å². The van der Waals surface area contributed by atoms with Gasteiger partial charge in [-0.3, -0.25) is 9.59 Å². The summed E-state index contributed by atoms with van der Waals surface area (Å²) in [5.41, 5.74) is 0. The third-order valence-corrected chi connectivity index (χ3v) is 2.85. The molecule has 0 saturated heterocycles. The number of hydrogen-bond acceptors (Lipinski definition) is 4. The molecule has 12 heavy (non-hydrogen) atoms. The van der Waals surface area contributed by atoms with E-state index in [4.69, 9.17) is 8.85 Å². The number of hydrogen-bond donors (Lipinski definition) is 0. The quantitative estimate of drug-likeness (QED) is 0.603. The predicted octanol–water partition coefficient (Wildman–Crippen LogP) is 0.448. The van der Waals surface area contributed by atoms with Gasteiger partial charge in [-0.2, -0.15) is 0 Å². The SMILES string of the molecule is C=C(C)[SiH](OC(C)=O)OC(C)=O. The Morgan fingerprint density at radius 2 is 1.42 bits per heavy atom. The molecule has 4 nitrogen and oxygen atoms in total. The molecular formula is C7H12O4Si. The van der Waals surface area contributed by atoms with E-state index in [0.717, 1.165) is 0 Å². The predicted molar refractivity (Wildman–Crippen MR) is 45.5 cm³/mol. The minimum absolute atomic E-state index is 0.448. The zero-order valence-corrected chi connectivity index (χ0v) is 8.57. The zero-order valence-electron chi connectivity index (χ0n) is 7.42. The van der Waals surface area contributed by atoms with E-state index in [9.17, 15) is 9.59 Å². The van der Waals surface area contributed by atoms with Crippen LogP contribution in [0, 0.1) is 0 Å². The molecule has 0 aromatic carbocycles. The summed E-state index contributed by atoms with van der Waals surface area (Å²) in [6, 6.07) is 0. The van der Waals surface area contributed by atoms with Crippen molar-refractivity contribution < 1.29 is 18.4 Å². The van der Waals surface area contributed by atoms with Crippen LogP contribution in [0.3, 0.4) is 0 Å². The molecule has 0 aromatic heterocycles. The largest absolute Gasteiger partial charge is 0.484 e. The van der Waals surface area contributed by atoms with E-state index in [-0.39, 0.29) is 0 Å². The summed E-state index contributed by atoms with van der Waals surface area (Å²) >= 11 is 0. The third-order valence-electron chi connectivity index (χ3n) is 0.948. The van der Waals surface area contributed by atoms with Gasteiger partial charge in [-0.1, -0.05) is 6.58 Å². The summed E-state index contributed by atoms with van der Waals surface area (Å²) in [6.07, 6.45) is 0. The van der Waals surface area contributed by atoms with Crippen molar-refractivity contribution in [2.75, 3.05) is 0 Å². The first-order valence-electron chi connectivity index (χ1n) is 3.43. The Hall–Kier alpha value is -1.10. The van der Waals surface area contributed by atoms with Crippen molar-refractivity contribution in [1.29, 1.82) is 0 Å². The standard InChI is InChI=1S/C7H12O4Si/c1-5(2)12(10-6(3)8)11-7(4)9/h12H,1H2,2-4H3. The zero-order chi connectivity index (χ0) is 9.72. The second-order valence-electron chi connectivity index (χ2n) is 2.40. The van der Waals surface area contributed by atoms with E-state index in [1.165, 1.54) is 13.8 Å². The minimum Gasteiger partial charge on any atom is -0.484 e. The summed E-state index contributed by atoms with van der Waals surface area (Å²) in [5, 5.41) is 0.611. The van der Waals surface area contributed by atoms with Crippen LogP contribution in [0.4, 0.5) is 0 Å². The summed E-state index contributed by atoms with van der Waals surface area (Å²) in [6.45, 7) is 7.78. The van der Waals surface area contributed by atoms with Crippen LogP contribution < -0.4 is 0 Å². The van der Waals surface area contributed by atoms with Gasteiger partial charge >= 0.3 is 9.28 Å². The first kappa shape index (κ1) is 10.9. The molecule has 0 unspecified atom stereocenters. The average Bonchev–Trinajstić information content (AvgIpc) is 1.83. The number of carbonyl (C=O) groups excluding carboxylic acids is 2. The smallest absolute Gasteiger partial charge is 0.478 e. The van der Waals surface area contributed by atoms with Crippen molar-refractivity contribution in [2.45, 2.75) is 20.8 Å². The molecule has 0 rings (SSSR count). The van der Waals surface area contributed by atoms with Gasteiger partial charge in [-0.15, -0.1) is 0 Å².